The molecule has 0 saturated carbocycles. The summed E-state index contributed by atoms with van der Waals surface area (Å²) >= 11 is 0. The van der Waals surface area contributed by atoms with E-state index in [0.29, 0.717) is 43.1 Å². The molecule has 0 amide bonds. The molecular weight excluding hydrogens is 446 g/mol. The third kappa shape index (κ3) is 3.60. The van der Waals surface area contributed by atoms with Crippen molar-refractivity contribution in [3.8, 4) is 5.82 Å². The molecule has 0 atom stereocenters. The normalized spacial score (nSPS) is 15.4. The van der Waals surface area contributed by atoms with E-state index in [-0.39, 0.29) is 4.90 Å². The van der Waals surface area contributed by atoms with Gasteiger partial charge < -0.3 is 9.32 Å². The van der Waals surface area contributed by atoms with Crippen molar-refractivity contribution in [2.45, 2.75) is 18.7 Å². The first-order chi connectivity index (χ1) is 15.8. The number of benzene rings is 1. The lowest BCUT2D eigenvalue weighted by Crippen LogP contribution is -2.49. The highest BCUT2D eigenvalue weighted by Gasteiger charge is 2.29. The molecule has 1 fully saturated rings. The molecule has 0 radical (unpaired) electrons. The van der Waals surface area contributed by atoms with Crippen LogP contribution in [0.3, 0.4) is 0 Å². The molecule has 5 rings (SSSR count). The van der Waals surface area contributed by atoms with Crippen LogP contribution >= 0.6 is 0 Å². The molecule has 0 spiro atoms. The zero-order valence-electron chi connectivity index (χ0n) is 18.5. The SMILES string of the molecule is Cc1ncn(-c2cc(N3CCN(S(=O)(=O)c4ccc5oc(=O)n(C)c5c4)CC3)ncn2)c1C. The summed E-state index contributed by atoms with van der Waals surface area (Å²) < 4.78 is 36.2. The van der Waals surface area contributed by atoms with Gasteiger partial charge in [0.05, 0.1) is 16.1 Å². The summed E-state index contributed by atoms with van der Waals surface area (Å²) in [5, 5.41) is 0. The van der Waals surface area contributed by atoms with Crippen LogP contribution in [0.2, 0.25) is 0 Å². The predicted molar refractivity (Wildman–Crippen MR) is 121 cm³/mol. The number of aromatic nitrogens is 5. The summed E-state index contributed by atoms with van der Waals surface area (Å²) in [5.41, 5.74) is 2.73. The van der Waals surface area contributed by atoms with E-state index in [1.54, 1.807) is 13.4 Å². The van der Waals surface area contributed by atoms with E-state index < -0.39 is 15.8 Å². The number of nitrogens with zero attached hydrogens (tertiary/aromatic N) is 7. The maximum atomic E-state index is 13.2. The molecule has 12 heteroatoms. The predicted octanol–water partition coefficient (Wildman–Crippen LogP) is 1.23. The average Bonchev–Trinajstić information content (AvgIpc) is 3.31. The molecule has 4 aromatic rings. The van der Waals surface area contributed by atoms with Crippen molar-refractivity contribution >= 4 is 26.9 Å². The molecule has 172 valence electrons. The Morgan fingerprint density at radius 1 is 0.970 bits per heavy atom. The lowest BCUT2D eigenvalue weighted by molar-refractivity contribution is 0.384. The Morgan fingerprint density at radius 3 is 2.39 bits per heavy atom. The molecule has 1 aromatic carbocycles. The first-order valence-corrected chi connectivity index (χ1v) is 11.9. The summed E-state index contributed by atoms with van der Waals surface area (Å²) in [6, 6.07) is 6.35. The largest absolute Gasteiger partial charge is 0.419 e. The van der Waals surface area contributed by atoms with Gasteiger partial charge in [0.2, 0.25) is 10.0 Å². The third-order valence-corrected chi connectivity index (χ3v) is 7.99. The molecule has 4 heterocycles. The van der Waals surface area contributed by atoms with Gasteiger partial charge in [0.1, 0.15) is 24.3 Å². The van der Waals surface area contributed by atoms with Crippen LogP contribution in [0.15, 0.2) is 51.0 Å². The van der Waals surface area contributed by atoms with Gasteiger partial charge in [0, 0.05) is 45.0 Å². The molecular formula is C21H23N7O4S. The van der Waals surface area contributed by atoms with Gasteiger partial charge in [-0.1, -0.05) is 0 Å². The van der Waals surface area contributed by atoms with E-state index in [1.807, 2.05) is 29.4 Å². The summed E-state index contributed by atoms with van der Waals surface area (Å²) in [6.07, 6.45) is 3.24. The number of aryl methyl sites for hydroxylation is 2. The van der Waals surface area contributed by atoms with E-state index in [4.69, 9.17) is 4.42 Å². The van der Waals surface area contributed by atoms with E-state index in [1.165, 1.54) is 33.4 Å². The van der Waals surface area contributed by atoms with E-state index in [9.17, 15) is 13.2 Å². The maximum Gasteiger partial charge on any atom is 0.419 e. The van der Waals surface area contributed by atoms with Gasteiger partial charge in [-0.25, -0.2) is 28.2 Å². The van der Waals surface area contributed by atoms with Crippen molar-refractivity contribution in [1.82, 2.24) is 28.4 Å². The van der Waals surface area contributed by atoms with Crippen molar-refractivity contribution in [3.63, 3.8) is 0 Å². The van der Waals surface area contributed by atoms with Crippen molar-refractivity contribution in [2.75, 3.05) is 31.1 Å². The minimum Gasteiger partial charge on any atom is -0.408 e. The van der Waals surface area contributed by atoms with Gasteiger partial charge in [0.25, 0.3) is 0 Å². The summed E-state index contributed by atoms with van der Waals surface area (Å²) in [5.74, 6) is 0.920. The highest BCUT2D eigenvalue weighted by molar-refractivity contribution is 7.89. The standard InChI is InChI=1S/C21H23N7O4S/c1-14-15(2)28(13-24-14)20-11-19(22-12-23-20)26-6-8-27(9-7-26)33(30,31)16-4-5-18-17(10-16)25(3)21(29)32-18/h4-5,10-13H,6-9H2,1-3H3. The second kappa shape index (κ2) is 7.81. The number of hydrogen-bond donors (Lipinski definition) is 0. The summed E-state index contributed by atoms with van der Waals surface area (Å²) in [7, 11) is -2.17. The highest BCUT2D eigenvalue weighted by atomic mass is 32.2. The van der Waals surface area contributed by atoms with Gasteiger partial charge >= 0.3 is 5.76 Å². The second-order valence-electron chi connectivity index (χ2n) is 7.97. The molecule has 11 nitrogen and oxygen atoms in total. The Bertz CT molecular complexity index is 1510. The van der Waals surface area contributed by atoms with Crippen molar-refractivity contribution in [3.05, 3.63) is 58.9 Å². The quantitative estimate of drug-likeness (QED) is 0.438. The fourth-order valence-electron chi connectivity index (χ4n) is 3.95. The first-order valence-electron chi connectivity index (χ1n) is 10.4. The molecule has 1 saturated heterocycles. The van der Waals surface area contributed by atoms with Crippen LogP contribution in [0.1, 0.15) is 11.4 Å². The van der Waals surface area contributed by atoms with Crippen LogP contribution in [0.25, 0.3) is 16.9 Å². The van der Waals surface area contributed by atoms with Crippen LogP contribution in [0.4, 0.5) is 5.82 Å². The second-order valence-corrected chi connectivity index (χ2v) is 9.91. The minimum atomic E-state index is -3.72. The number of fused-ring (bicyclic) bond motifs is 1. The molecule has 3 aromatic heterocycles. The Labute approximate surface area is 190 Å². The molecule has 0 aliphatic carbocycles. The van der Waals surface area contributed by atoms with E-state index in [0.717, 1.165) is 17.2 Å². The molecule has 0 N–H and O–H groups in total. The Balaban J connectivity index is 1.35. The Morgan fingerprint density at radius 2 is 1.70 bits per heavy atom. The summed E-state index contributed by atoms with van der Waals surface area (Å²) in [6.45, 7) is 5.53. The van der Waals surface area contributed by atoms with Crippen LogP contribution in [0.5, 0.6) is 0 Å². The maximum absolute atomic E-state index is 13.2. The van der Waals surface area contributed by atoms with Gasteiger partial charge in [0.15, 0.2) is 5.58 Å². The molecule has 0 unspecified atom stereocenters. The fraction of sp³-hybridized carbons (Fsp3) is 0.333. The number of anilines is 1. The van der Waals surface area contributed by atoms with E-state index >= 15 is 0 Å². The summed E-state index contributed by atoms with van der Waals surface area (Å²) in [4.78, 5) is 27.0. The molecule has 1 aliphatic rings. The van der Waals surface area contributed by atoms with Crippen LogP contribution in [-0.2, 0) is 17.1 Å². The van der Waals surface area contributed by atoms with E-state index in [2.05, 4.69) is 15.0 Å². The topological polar surface area (TPSA) is 119 Å². The van der Waals surface area contributed by atoms with Gasteiger partial charge in [-0.05, 0) is 32.0 Å². The minimum absolute atomic E-state index is 0.134. The van der Waals surface area contributed by atoms with Gasteiger partial charge in [-0.15, -0.1) is 0 Å². The number of rotatable bonds is 4. The van der Waals surface area contributed by atoms with Gasteiger partial charge in [-0.2, -0.15) is 4.31 Å². The number of hydrogen-bond acceptors (Lipinski definition) is 8. The Hall–Kier alpha value is -3.51. The Kier molecular flexibility index (Phi) is 5.05. The van der Waals surface area contributed by atoms with Crippen molar-refractivity contribution < 1.29 is 12.8 Å². The lowest BCUT2D eigenvalue weighted by atomic mass is 10.3. The number of oxazole rings is 1. The van der Waals surface area contributed by atoms with Crippen LogP contribution in [0, 0.1) is 13.8 Å². The molecule has 1 aliphatic heterocycles. The fourth-order valence-corrected chi connectivity index (χ4v) is 5.39. The smallest absolute Gasteiger partial charge is 0.408 e. The number of piperazine rings is 1. The lowest BCUT2D eigenvalue weighted by Gasteiger charge is -2.34. The third-order valence-electron chi connectivity index (χ3n) is 6.10. The van der Waals surface area contributed by atoms with Crippen molar-refractivity contribution in [1.29, 1.82) is 0 Å². The van der Waals surface area contributed by atoms with Crippen LogP contribution in [-0.4, -0.2) is 63.0 Å². The average molecular weight is 470 g/mol. The van der Waals surface area contributed by atoms with Crippen molar-refractivity contribution in [2.24, 2.45) is 7.05 Å². The first kappa shape index (κ1) is 21.3. The molecule has 33 heavy (non-hydrogen) atoms. The zero-order valence-corrected chi connectivity index (χ0v) is 19.3. The monoisotopic (exact) mass is 469 g/mol. The van der Waals surface area contributed by atoms with Gasteiger partial charge in [-0.3, -0.25) is 9.13 Å². The number of imidazole rings is 1. The zero-order chi connectivity index (χ0) is 23.3. The highest BCUT2D eigenvalue weighted by Crippen LogP contribution is 2.24. The molecule has 0 bridgehead atoms. The van der Waals surface area contributed by atoms with Crippen LogP contribution < -0.4 is 10.7 Å². The number of sulfonamides is 1.